The predicted octanol–water partition coefficient (Wildman–Crippen LogP) is 1.34. The lowest BCUT2D eigenvalue weighted by Gasteiger charge is -2.18. The summed E-state index contributed by atoms with van der Waals surface area (Å²) >= 11 is 0. The lowest BCUT2D eigenvalue weighted by atomic mass is 9.73. The highest BCUT2D eigenvalue weighted by Gasteiger charge is 2.31. The van der Waals surface area contributed by atoms with Crippen LogP contribution < -0.4 is 15.7 Å². The average Bonchev–Trinajstić information content (AvgIpc) is 3.13. The van der Waals surface area contributed by atoms with Crippen molar-refractivity contribution in [2.24, 2.45) is 0 Å². The van der Waals surface area contributed by atoms with E-state index in [-0.39, 0.29) is 0 Å². The molecule has 5 nitrogen and oxygen atoms in total. The number of hydrogen-bond donors (Lipinski definition) is 3. The molecular formula is C22H18B2O5. The molecule has 0 aromatic heterocycles. The van der Waals surface area contributed by atoms with Gasteiger partial charge in [-0.15, -0.1) is 0 Å². The van der Waals surface area contributed by atoms with Gasteiger partial charge in [0.25, 0.3) is 0 Å². The van der Waals surface area contributed by atoms with Gasteiger partial charge in [-0.25, -0.2) is 0 Å². The maximum absolute atomic E-state index is 11.0. The van der Waals surface area contributed by atoms with Crippen LogP contribution in [0.3, 0.4) is 0 Å². The Morgan fingerprint density at radius 1 is 0.828 bits per heavy atom. The summed E-state index contributed by atoms with van der Waals surface area (Å²) in [7, 11) is -2.71. The molecule has 142 valence electrons. The molecule has 1 unspecified atom stereocenters. The molecule has 0 saturated heterocycles. The predicted molar refractivity (Wildman–Crippen MR) is 115 cm³/mol. The summed E-state index contributed by atoms with van der Waals surface area (Å²) in [6.45, 7) is 0. The zero-order chi connectivity index (χ0) is 20.0. The SMILES string of the molecule is OB(O)c1ccc2c(c1)CC(OB(O)c1c3ccccc3cc3ccccc13)O2. The van der Waals surface area contributed by atoms with E-state index in [4.69, 9.17) is 9.39 Å². The minimum absolute atomic E-state index is 0.397. The fourth-order valence-electron chi connectivity index (χ4n) is 4.00. The van der Waals surface area contributed by atoms with E-state index in [1.165, 1.54) is 0 Å². The number of hydrogen-bond acceptors (Lipinski definition) is 5. The molecule has 0 fully saturated rings. The molecule has 0 amide bonds. The summed E-state index contributed by atoms with van der Waals surface area (Å²) in [6, 6.07) is 22.9. The van der Waals surface area contributed by atoms with Crippen molar-refractivity contribution in [2.75, 3.05) is 0 Å². The summed E-state index contributed by atoms with van der Waals surface area (Å²) in [5.41, 5.74) is 1.92. The second-order valence-electron chi connectivity index (χ2n) is 7.21. The average molecular weight is 384 g/mol. The second-order valence-corrected chi connectivity index (χ2v) is 7.21. The quantitative estimate of drug-likeness (QED) is 0.366. The van der Waals surface area contributed by atoms with Crippen molar-refractivity contribution in [3.63, 3.8) is 0 Å². The van der Waals surface area contributed by atoms with Gasteiger partial charge < -0.3 is 24.5 Å². The van der Waals surface area contributed by atoms with E-state index in [1.807, 2.05) is 48.5 Å². The minimum Gasteiger partial charge on any atom is -0.466 e. The van der Waals surface area contributed by atoms with Crippen LogP contribution in [0.5, 0.6) is 5.75 Å². The van der Waals surface area contributed by atoms with Crippen molar-refractivity contribution < 1.29 is 24.5 Å². The van der Waals surface area contributed by atoms with Crippen LogP contribution in [0.25, 0.3) is 21.5 Å². The summed E-state index contributed by atoms with van der Waals surface area (Å²) in [5, 5.41) is 33.7. The first-order valence-corrected chi connectivity index (χ1v) is 9.50. The van der Waals surface area contributed by atoms with Gasteiger partial charge in [-0.1, -0.05) is 60.7 Å². The van der Waals surface area contributed by atoms with Crippen LogP contribution in [0.15, 0.2) is 72.8 Å². The molecule has 1 aliphatic rings. The van der Waals surface area contributed by atoms with E-state index in [1.54, 1.807) is 18.2 Å². The fourth-order valence-corrected chi connectivity index (χ4v) is 4.00. The first kappa shape index (κ1) is 18.2. The van der Waals surface area contributed by atoms with Crippen LogP contribution in [0.1, 0.15) is 5.56 Å². The van der Waals surface area contributed by atoms with Gasteiger partial charge in [-0.3, -0.25) is 0 Å². The third-order valence-corrected chi connectivity index (χ3v) is 5.37. The lowest BCUT2D eigenvalue weighted by Crippen LogP contribution is -2.39. The van der Waals surface area contributed by atoms with Crippen molar-refractivity contribution in [1.29, 1.82) is 0 Å². The molecule has 7 heteroatoms. The van der Waals surface area contributed by atoms with Crippen molar-refractivity contribution >= 4 is 46.7 Å². The normalized spacial score (nSPS) is 15.3. The lowest BCUT2D eigenvalue weighted by molar-refractivity contribution is 0.0118. The molecule has 5 rings (SSSR count). The van der Waals surface area contributed by atoms with E-state index in [2.05, 4.69) is 6.07 Å². The van der Waals surface area contributed by atoms with E-state index < -0.39 is 20.5 Å². The van der Waals surface area contributed by atoms with Crippen LogP contribution in [-0.4, -0.2) is 35.6 Å². The topological polar surface area (TPSA) is 79.2 Å². The molecule has 0 saturated carbocycles. The zero-order valence-corrected chi connectivity index (χ0v) is 15.5. The third-order valence-electron chi connectivity index (χ3n) is 5.37. The van der Waals surface area contributed by atoms with E-state index >= 15 is 0 Å². The smallest absolute Gasteiger partial charge is 0.466 e. The van der Waals surface area contributed by atoms with Gasteiger partial charge in [0.05, 0.1) is 0 Å². The monoisotopic (exact) mass is 384 g/mol. The van der Waals surface area contributed by atoms with Gasteiger partial charge in [-0.05, 0) is 44.6 Å². The Kier molecular flexibility index (Phi) is 4.53. The van der Waals surface area contributed by atoms with Crippen molar-refractivity contribution in [2.45, 2.75) is 12.7 Å². The van der Waals surface area contributed by atoms with Crippen LogP contribution in [0.4, 0.5) is 0 Å². The molecule has 0 radical (unpaired) electrons. The van der Waals surface area contributed by atoms with Gasteiger partial charge in [0.1, 0.15) is 5.75 Å². The van der Waals surface area contributed by atoms with Gasteiger partial charge in [0.2, 0.25) is 0 Å². The third kappa shape index (κ3) is 3.28. The van der Waals surface area contributed by atoms with Gasteiger partial charge in [-0.2, -0.15) is 0 Å². The molecule has 1 heterocycles. The number of ether oxygens (including phenoxy) is 1. The number of fused-ring (bicyclic) bond motifs is 3. The zero-order valence-electron chi connectivity index (χ0n) is 15.5. The molecule has 29 heavy (non-hydrogen) atoms. The minimum atomic E-state index is -1.53. The largest absolute Gasteiger partial charge is 0.495 e. The van der Waals surface area contributed by atoms with Gasteiger partial charge >= 0.3 is 14.2 Å². The highest BCUT2D eigenvalue weighted by Crippen LogP contribution is 2.29. The highest BCUT2D eigenvalue weighted by molar-refractivity contribution is 6.66. The van der Waals surface area contributed by atoms with Crippen molar-refractivity contribution in [3.8, 4) is 5.75 Å². The Morgan fingerprint density at radius 2 is 1.48 bits per heavy atom. The summed E-state index contributed by atoms with van der Waals surface area (Å²) < 4.78 is 11.7. The molecule has 0 spiro atoms. The summed E-state index contributed by atoms with van der Waals surface area (Å²) in [6.07, 6.45) is -0.251. The van der Waals surface area contributed by atoms with Crippen LogP contribution in [0.2, 0.25) is 0 Å². The van der Waals surface area contributed by atoms with Crippen molar-refractivity contribution in [3.05, 3.63) is 78.4 Å². The van der Waals surface area contributed by atoms with Crippen LogP contribution in [-0.2, 0) is 11.1 Å². The highest BCUT2D eigenvalue weighted by atomic mass is 16.7. The van der Waals surface area contributed by atoms with Crippen LogP contribution in [0, 0.1) is 0 Å². The molecule has 1 aliphatic heterocycles. The Morgan fingerprint density at radius 3 is 2.14 bits per heavy atom. The first-order valence-electron chi connectivity index (χ1n) is 9.50. The molecular weight excluding hydrogens is 366 g/mol. The molecule has 0 bridgehead atoms. The molecule has 1 atom stereocenters. The van der Waals surface area contributed by atoms with Gasteiger partial charge in [0, 0.05) is 12.0 Å². The maximum Gasteiger partial charge on any atom is 0.495 e. The molecule has 4 aromatic rings. The number of rotatable bonds is 4. The Balaban J connectivity index is 1.48. The Bertz CT molecular complexity index is 1160. The Labute approximate surface area is 168 Å². The van der Waals surface area contributed by atoms with Gasteiger partial charge in [0.15, 0.2) is 6.29 Å². The summed E-state index contributed by atoms with van der Waals surface area (Å²) in [4.78, 5) is 0. The number of benzene rings is 4. The van der Waals surface area contributed by atoms with E-state index in [9.17, 15) is 15.1 Å². The standard InChI is InChI=1S/C22H18B2O5/c25-23(26)17-9-10-20-16(12-17)13-21(28-20)29-24(27)22-18-7-3-1-5-14(18)11-15-6-2-4-8-19(15)22/h1-12,21,25-27H,13H2. The first-order chi connectivity index (χ1) is 14.1. The fraction of sp³-hybridized carbons (Fsp3) is 0.0909. The summed E-state index contributed by atoms with van der Waals surface area (Å²) in [5.74, 6) is 0.620. The van der Waals surface area contributed by atoms with Crippen molar-refractivity contribution in [1.82, 2.24) is 0 Å². The second kappa shape index (κ2) is 7.21. The van der Waals surface area contributed by atoms with E-state index in [0.29, 0.717) is 23.1 Å². The molecule has 4 aromatic carbocycles. The van der Waals surface area contributed by atoms with E-state index in [0.717, 1.165) is 27.1 Å². The maximum atomic E-state index is 11.0. The molecule has 0 aliphatic carbocycles. The Hall–Kier alpha value is -2.83. The van der Waals surface area contributed by atoms with Crippen LogP contribution >= 0.6 is 0 Å². The molecule has 3 N–H and O–H groups in total.